The number of sulfonamides is 1. The number of fused-ring (bicyclic) bond motifs is 1. The van der Waals surface area contributed by atoms with E-state index in [9.17, 15) is 13.2 Å². The summed E-state index contributed by atoms with van der Waals surface area (Å²) < 4.78 is 34.4. The topological polar surface area (TPSA) is 88.6 Å². The first-order chi connectivity index (χ1) is 14.3. The molecule has 0 saturated heterocycles. The average Bonchev–Trinajstić information content (AvgIpc) is 3.44. The smallest absolute Gasteiger partial charge is 0.254 e. The second-order valence-electron chi connectivity index (χ2n) is 7.37. The summed E-state index contributed by atoms with van der Waals surface area (Å²) in [5, 5.41) is 0.823. The molecule has 4 rings (SSSR count). The van der Waals surface area contributed by atoms with E-state index >= 15 is 0 Å². The zero-order valence-corrected chi connectivity index (χ0v) is 18.6. The van der Waals surface area contributed by atoms with Gasteiger partial charge in [-0.1, -0.05) is 12.1 Å². The maximum atomic E-state index is 13.1. The van der Waals surface area contributed by atoms with Gasteiger partial charge in [-0.3, -0.25) is 4.79 Å². The first-order valence-electron chi connectivity index (χ1n) is 9.63. The molecule has 2 aromatic carbocycles. The molecule has 9 heteroatoms. The highest BCUT2D eigenvalue weighted by atomic mass is 32.2. The van der Waals surface area contributed by atoms with E-state index in [4.69, 9.17) is 4.74 Å². The van der Waals surface area contributed by atoms with E-state index in [1.165, 1.54) is 19.2 Å². The molecular formula is C21H23N3O4S2. The summed E-state index contributed by atoms with van der Waals surface area (Å²) in [4.78, 5) is 19.3. The highest BCUT2D eigenvalue weighted by Gasteiger charge is 2.31. The Morgan fingerprint density at radius 3 is 2.67 bits per heavy atom. The van der Waals surface area contributed by atoms with E-state index in [-0.39, 0.29) is 34.2 Å². The van der Waals surface area contributed by atoms with Crippen LogP contribution in [0.25, 0.3) is 10.2 Å². The van der Waals surface area contributed by atoms with Gasteiger partial charge in [0.05, 0.1) is 23.4 Å². The van der Waals surface area contributed by atoms with Gasteiger partial charge in [0, 0.05) is 18.7 Å². The number of hydrogen-bond donors (Lipinski definition) is 1. The van der Waals surface area contributed by atoms with Gasteiger partial charge in [0.15, 0.2) is 0 Å². The van der Waals surface area contributed by atoms with Crippen LogP contribution in [0.2, 0.25) is 0 Å². The fraction of sp³-hybridized carbons (Fsp3) is 0.333. The molecule has 0 aliphatic heterocycles. The highest BCUT2D eigenvalue weighted by molar-refractivity contribution is 7.89. The van der Waals surface area contributed by atoms with Gasteiger partial charge in [0.1, 0.15) is 15.7 Å². The summed E-state index contributed by atoms with van der Waals surface area (Å²) in [5.41, 5.74) is 1.18. The molecule has 30 heavy (non-hydrogen) atoms. The van der Waals surface area contributed by atoms with Crippen molar-refractivity contribution in [2.24, 2.45) is 0 Å². The predicted octanol–water partition coefficient (Wildman–Crippen LogP) is 3.58. The van der Waals surface area contributed by atoms with Crippen molar-refractivity contribution >= 4 is 37.5 Å². The molecule has 1 saturated carbocycles. The zero-order valence-electron chi connectivity index (χ0n) is 17.0. The van der Waals surface area contributed by atoms with E-state index in [2.05, 4.69) is 9.71 Å². The molecule has 1 N–H and O–H groups in total. The molecule has 0 bridgehead atoms. The van der Waals surface area contributed by atoms with Crippen molar-refractivity contribution in [2.45, 2.75) is 36.7 Å². The summed E-state index contributed by atoms with van der Waals surface area (Å²) in [6.07, 6.45) is 1.64. The van der Waals surface area contributed by atoms with Crippen LogP contribution in [-0.4, -0.2) is 44.4 Å². The first kappa shape index (κ1) is 20.8. The summed E-state index contributed by atoms with van der Waals surface area (Å²) in [6, 6.07) is 12.0. The number of carbonyl (C=O) groups is 1. The van der Waals surface area contributed by atoms with Crippen LogP contribution >= 0.6 is 11.3 Å². The number of thiazole rings is 1. The Morgan fingerprint density at radius 1 is 1.27 bits per heavy atom. The molecule has 1 aromatic heterocycles. The number of rotatable bonds is 7. The Labute approximate surface area is 179 Å². The van der Waals surface area contributed by atoms with Gasteiger partial charge in [-0.05, 0) is 50.1 Å². The number of nitrogens with zero attached hydrogens (tertiary/aromatic N) is 2. The predicted molar refractivity (Wildman–Crippen MR) is 116 cm³/mol. The summed E-state index contributed by atoms with van der Waals surface area (Å²) in [7, 11) is -0.662. The maximum absolute atomic E-state index is 13.1. The van der Waals surface area contributed by atoms with Crippen LogP contribution in [0.5, 0.6) is 5.75 Å². The largest absolute Gasteiger partial charge is 0.495 e. The van der Waals surface area contributed by atoms with E-state index in [1.54, 1.807) is 29.4 Å². The molecule has 1 amide bonds. The van der Waals surface area contributed by atoms with Gasteiger partial charge < -0.3 is 9.64 Å². The Balaban J connectivity index is 1.62. The molecule has 3 aromatic rings. The van der Waals surface area contributed by atoms with Gasteiger partial charge >= 0.3 is 0 Å². The number of nitrogens with one attached hydrogen (secondary N) is 1. The van der Waals surface area contributed by atoms with Crippen molar-refractivity contribution in [3.8, 4) is 5.75 Å². The molecule has 1 aliphatic rings. The van der Waals surface area contributed by atoms with E-state index in [1.807, 2.05) is 31.2 Å². The molecule has 0 spiro atoms. The number of amides is 1. The first-order valence-corrected chi connectivity index (χ1v) is 11.9. The Hall–Kier alpha value is -2.49. The Kier molecular flexibility index (Phi) is 5.52. The standard InChI is InChI=1S/C21H23N3O4S2/c1-13(20-22-16-6-4-5-7-18(16)29-20)24(2)21(25)14-8-11-17(28-3)19(12-14)30(26,27)23-15-9-10-15/h4-8,11-13,15,23H,9-10H2,1-3H3/t13-/m0/s1. The van der Waals surface area contributed by atoms with E-state index < -0.39 is 10.0 Å². The third-order valence-electron chi connectivity index (χ3n) is 5.17. The normalized spacial score (nSPS) is 15.2. The number of hydrogen-bond acceptors (Lipinski definition) is 6. The number of aromatic nitrogens is 1. The minimum Gasteiger partial charge on any atom is -0.495 e. The molecule has 0 radical (unpaired) electrons. The van der Waals surface area contributed by atoms with Gasteiger partial charge in [-0.15, -0.1) is 11.3 Å². The lowest BCUT2D eigenvalue weighted by Gasteiger charge is -2.23. The number of methoxy groups -OCH3 is 1. The molecule has 0 unspecified atom stereocenters. The number of para-hydroxylation sites is 1. The number of benzene rings is 2. The van der Waals surface area contributed by atoms with Gasteiger partial charge in [0.25, 0.3) is 5.91 Å². The van der Waals surface area contributed by atoms with Crippen molar-refractivity contribution in [2.75, 3.05) is 14.2 Å². The van der Waals surface area contributed by atoms with Gasteiger partial charge in [-0.25, -0.2) is 18.1 Å². The molecule has 1 heterocycles. The van der Waals surface area contributed by atoms with Gasteiger partial charge in [0.2, 0.25) is 10.0 Å². The minimum atomic E-state index is -3.77. The van der Waals surface area contributed by atoms with Crippen molar-refractivity contribution in [1.29, 1.82) is 0 Å². The maximum Gasteiger partial charge on any atom is 0.254 e. The third-order valence-corrected chi connectivity index (χ3v) is 7.92. The Bertz CT molecular complexity index is 1170. The average molecular weight is 446 g/mol. The molecule has 1 atom stereocenters. The molecule has 7 nitrogen and oxygen atoms in total. The Morgan fingerprint density at radius 2 is 2.00 bits per heavy atom. The van der Waals surface area contributed by atoms with E-state index in [0.717, 1.165) is 28.1 Å². The van der Waals surface area contributed by atoms with Crippen LogP contribution in [0.15, 0.2) is 47.4 Å². The van der Waals surface area contributed by atoms with Crippen LogP contribution < -0.4 is 9.46 Å². The molecule has 158 valence electrons. The summed E-state index contributed by atoms with van der Waals surface area (Å²) in [5.74, 6) is -0.0751. The molecular weight excluding hydrogens is 422 g/mol. The van der Waals surface area contributed by atoms with Gasteiger partial charge in [-0.2, -0.15) is 0 Å². The van der Waals surface area contributed by atoms with Crippen molar-refractivity contribution in [3.63, 3.8) is 0 Å². The lowest BCUT2D eigenvalue weighted by Crippen LogP contribution is -2.30. The van der Waals surface area contributed by atoms with Crippen LogP contribution in [0.4, 0.5) is 0 Å². The molecule has 1 aliphatic carbocycles. The van der Waals surface area contributed by atoms with Crippen molar-refractivity contribution < 1.29 is 17.9 Å². The van der Waals surface area contributed by atoms with Crippen LogP contribution in [0.1, 0.15) is 41.2 Å². The lowest BCUT2D eigenvalue weighted by molar-refractivity contribution is 0.0742. The second kappa shape index (κ2) is 7.98. The zero-order chi connectivity index (χ0) is 21.5. The fourth-order valence-electron chi connectivity index (χ4n) is 3.12. The quantitative estimate of drug-likeness (QED) is 0.601. The monoisotopic (exact) mass is 445 g/mol. The summed E-state index contributed by atoms with van der Waals surface area (Å²) in [6.45, 7) is 1.91. The molecule has 1 fully saturated rings. The lowest BCUT2D eigenvalue weighted by atomic mass is 10.1. The third kappa shape index (κ3) is 4.05. The van der Waals surface area contributed by atoms with E-state index in [0.29, 0.717) is 0 Å². The second-order valence-corrected chi connectivity index (χ2v) is 10.1. The van der Waals surface area contributed by atoms with Crippen molar-refractivity contribution in [3.05, 3.63) is 53.0 Å². The summed E-state index contributed by atoms with van der Waals surface area (Å²) >= 11 is 1.54. The number of carbonyl (C=O) groups excluding carboxylic acids is 1. The minimum absolute atomic E-state index is 0.0243. The van der Waals surface area contributed by atoms with Crippen LogP contribution in [0, 0.1) is 0 Å². The SMILES string of the molecule is COc1ccc(C(=O)N(C)[C@@H](C)c2nc3ccccc3s2)cc1S(=O)(=O)NC1CC1. The highest BCUT2D eigenvalue weighted by Crippen LogP contribution is 2.31. The van der Waals surface area contributed by atoms with Crippen molar-refractivity contribution in [1.82, 2.24) is 14.6 Å². The van der Waals surface area contributed by atoms with Crippen LogP contribution in [-0.2, 0) is 10.0 Å². The number of ether oxygens (including phenoxy) is 1. The van der Waals surface area contributed by atoms with Crippen LogP contribution in [0.3, 0.4) is 0 Å². The fourth-order valence-corrected chi connectivity index (χ4v) is 5.68.